The topological polar surface area (TPSA) is 88.5 Å². The molecule has 0 bridgehead atoms. The predicted molar refractivity (Wildman–Crippen MR) is 103 cm³/mol. The Morgan fingerprint density at radius 2 is 1.63 bits per heavy atom. The summed E-state index contributed by atoms with van der Waals surface area (Å²) in [6.07, 6.45) is -1.45. The van der Waals surface area contributed by atoms with Crippen LogP contribution in [-0.2, 0) is 27.5 Å². The summed E-state index contributed by atoms with van der Waals surface area (Å²) in [5.74, 6) is -0.719. The number of rotatable bonds is 5. The van der Waals surface area contributed by atoms with E-state index in [4.69, 9.17) is 0 Å². The van der Waals surface area contributed by atoms with Gasteiger partial charge in [-0.15, -0.1) is 0 Å². The highest BCUT2D eigenvalue weighted by Crippen LogP contribution is 2.28. The third kappa shape index (κ3) is 5.08. The first-order valence-electron chi connectivity index (χ1n) is 9.25. The molecule has 1 aliphatic heterocycles. The van der Waals surface area contributed by atoms with E-state index < -0.39 is 39.8 Å². The van der Waals surface area contributed by atoms with Gasteiger partial charge in [0.2, 0.25) is 15.9 Å². The zero-order valence-corrected chi connectivity index (χ0v) is 16.7. The quantitative estimate of drug-likeness (QED) is 0.770. The Morgan fingerprint density at radius 1 is 1.00 bits per heavy atom. The molecule has 0 atom stereocenters. The minimum Gasteiger partial charge on any atom is -0.325 e. The molecule has 2 aromatic rings. The molecule has 1 fully saturated rings. The van der Waals surface area contributed by atoms with E-state index in [0.717, 1.165) is 25.3 Å². The number of amides is 1. The van der Waals surface area contributed by atoms with Gasteiger partial charge in [-0.3, -0.25) is 9.59 Å². The van der Waals surface area contributed by atoms with Gasteiger partial charge in [0.05, 0.1) is 10.5 Å². The van der Waals surface area contributed by atoms with E-state index in [0.29, 0.717) is 29.9 Å². The lowest BCUT2D eigenvalue weighted by Crippen LogP contribution is -2.35. The number of halogens is 3. The second-order valence-corrected chi connectivity index (χ2v) is 8.86. The fourth-order valence-corrected chi connectivity index (χ4v) is 4.66. The van der Waals surface area contributed by atoms with Gasteiger partial charge >= 0.3 is 6.18 Å². The van der Waals surface area contributed by atoms with Gasteiger partial charge in [-0.05, 0) is 43.2 Å². The van der Waals surface area contributed by atoms with Crippen molar-refractivity contribution in [2.24, 2.45) is 0 Å². The Hall–Kier alpha value is -2.66. The van der Waals surface area contributed by atoms with Crippen molar-refractivity contribution in [3.05, 3.63) is 58.5 Å². The van der Waals surface area contributed by atoms with E-state index in [1.54, 1.807) is 0 Å². The summed E-state index contributed by atoms with van der Waals surface area (Å²) in [5.41, 5.74) is -1.53. The number of carbonyl (C=O) groups is 1. The molecule has 3 rings (SSSR count). The van der Waals surface area contributed by atoms with Crippen LogP contribution in [0.2, 0.25) is 0 Å². The van der Waals surface area contributed by atoms with Crippen LogP contribution < -0.4 is 10.9 Å². The van der Waals surface area contributed by atoms with Gasteiger partial charge in [-0.1, -0.05) is 6.42 Å². The van der Waals surface area contributed by atoms with Crippen LogP contribution in [0.4, 0.5) is 18.9 Å². The number of carbonyl (C=O) groups excluding carboxylic acids is 1. The lowest BCUT2D eigenvalue weighted by Gasteiger charge is -2.25. The first kappa shape index (κ1) is 22.0. The molecule has 1 aromatic heterocycles. The highest BCUT2D eigenvalue weighted by Gasteiger charge is 2.31. The average Bonchev–Trinajstić information content (AvgIpc) is 2.70. The summed E-state index contributed by atoms with van der Waals surface area (Å²) in [7, 11) is -3.61. The van der Waals surface area contributed by atoms with Crippen LogP contribution in [0.1, 0.15) is 24.8 Å². The first-order chi connectivity index (χ1) is 14.1. The van der Waals surface area contributed by atoms with Gasteiger partial charge in [0.25, 0.3) is 5.56 Å². The lowest BCUT2D eigenvalue weighted by atomic mass is 10.2. The summed E-state index contributed by atoms with van der Waals surface area (Å²) in [5, 5.41) is 2.45. The summed E-state index contributed by atoms with van der Waals surface area (Å²) >= 11 is 0. The van der Waals surface area contributed by atoms with Gasteiger partial charge in [-0.2, -0.15) is 17.5 Å². The van der Waals surface area contributed by atoms with Crippen LogP contribution in [0, 0.1) is 0 Å². The number of hydrogen-bond donors (Lipinski definition) is 1. The minimum atomic E-state index is -4.64. The van der Waals surface area contributed by atoms with Crippen LogP contribution in [0.15, 0.2) is 52.3 Å². The molecule has 30 heavy (non-hydrogen) atoms. The second-order valence-electron chi connectivity index (χ2n) is 6.92. The van der Waals surface area contributed by atoms with Crippen LogP contribution in [0.3, 0.4) is 0 Å². The van der Waals surface area contributed by atoms with Crippen LogP contribution in [0.5, 0.6) is 0 Å². The first-order valence-corrected chi connectivity index (χ1v) is 10.7. The maximum Gasteiger partial charge on any atom is 0.417 e. The summed E-state index contributed by atoms with van der Waals surface area (Å²) < 4.78 is 65.7. The number of anilines is 1. The fraction of sp³-hybridized carbons (Fsp3) is 0.368. The molecule has 0 spiro atoms. The summed E-state index contributed by atoms with van der Waals surface area (Å²) in [6, 6.07) is 6.90. The van der Waals surface area contributed by atoms with Crippen molar-refractivity contribution in [3.63, 3.8) is 0 Å². The molecule has 1 saturated heterocycles. The molecule has 11 heteroatoms. The Kier molecular flexibility index (Phi) is 6.32. The number of piperidine rings is 1. The lowest BCUT2D eigenvalue weighted by molar-refractivity contribution is -0.138. The van der Waals surface area contributed by atoms with Gasteiger partial charge in [0, 0.05) is 31.0 Å². The SMILES string of the molecule is O=C(Cn1cc(C(F)(F)F)ccc1=O)Nc1ccc(S(=O)(=O)N2CCCCC2)cc1. The minimum absolute atomic E-state index is 0.0940. The van der Waals surface area contributed by atoms with E-state index >= 15 is 0 Å². The molecule has 0 unspecified atom stereocenters. The summed E-state index contributed by atoms with van der Waals surface area (Å²) in [4.78, 5) is 24.0. The molecular weight excluding hydrogens is 423 g/mol. The van der Waals surface area contributed by atoms with Crippen molar-refractivity contribution in [2.75, 3.05) is 18.4 Å². The third-order valence-electron chi connectivity index (χ3n) is 4.72. The van der Waals surface area contributed by atoms with E-state index in [1.165, 1.54) is 28.6 Å². The zero-order chi connectivity index (χ0) is 21.9. The predicted octanol–water partition coefficient (Wildman–Crippen LogP) is 2.68. The Morgan fingerprint density at radius 3 is 2.23 bits per heavy atom. The van der Waals surface area contributed by atoms with E-state index in [9.17, 15) is 31.2 Å². The average molecular weight is 443 g/mol. The molecule has 1 N–H and O–H groups in total. The number of benzene rings is 1. The molecular formula is C19H20F3N3O4S. The number of nitrogens with zero attached hydrogens (tertiary/aromatic N) is 2. The van der Waals surface area contributed by atoms with Crippen molar-refractivity contribution in [1.82, 2.24) is 8.87 Å². The van der Waals surface area contributed by atoms with Crippen molar-refractivity contribution in [3.8, 4) is 0 Å². The molecule has 1 amide bonds. The molecule has 7 nitrogen and oxygen atoms in total. The normalized spacial score (nSPS) is 15.7. The number of alkyl halides is 3. The Balaban J connectivity index is 1.69. The highest BCUT2D eigenvalue weighted by molar-refractivity contribution is 7.89. The van der Waals surface area contributed by atoms with Crippen molar-refractivity contribution < 1.29 is 26.4 Å². The van der Waals surface area contributed by atoms with Gasteiger partial charge < -0.3 is 9.88 Å². The van der Waals surface area contributed by atoms with Crippen molar-refractivity contribution in [2.45, 2.75) is 36.9 Å². The number of aromatic nitrogens is 1. The third-order valence-corrected chi connectivity index (χ3v) is 6.63. The maximum absolute atomic E-state index is 12.8. The van der Waals surface area contributed by atoms with E-state index in [2.05, 4.69) is 5.32 Å². The standard InChI is InChI=1S/C19H20F3N3O4S/c20-19(21,22)14-4-9-18(27)24(12-14)13-17(26)23-15-5-7-16(8-6-15)30(28,29)25-10-2-1-3-11-25/h4-9,12H,1-3,10-11,13H2,(H,23,26). The number of pyridine rings is 1. The zero-order valence-electron chi connectivity index (χ0n) is 15.9. The second kappa shape index (κ2) is 8.60. The molecule has 0 radical (unpaired) electrons. The van der Waals surface area contributed by atoms with E-state index in [1.807, 2.05) is 0 Å². The van der Waals surface area contributed by atoms with Crippen molar-refractivity contribution >= 4 is 21.6 Å². The van der Waals surface area contributed by atoms with Gasteiger partial charge in [-0.25, -0.2) is 8.42 Å². The fourth-order valence-electron chi connectivity index (χ4n) is 3.14. The maximum atomic E-state index is 12.8. The molecule has 1 aromatic carbocycles. The van der Waals surface area contributed by atoms with Gasteiger partial charge in [0.15, 0.2) is 0 Å². The number of hydrogen-bond acceptors (Lipinski definition) is 4. The smallest absolute Gasteiger partial charge is 0.325 e. The Labute approximate surface area is 171 Å². The molecule has 1 aliphatic rings. The monoisotopic (exact) mass is 443 g/mol. The van der Waals surface area contributed by atoms with E-state index in [-0.39, 0.29) is 10.6 Å². The summed E-state index contributed by atoms with van der Waals surface area (Å²) in [6.45, 7) is 0.315. The molecule has 0 aliphatic carbocycles. The number of nitrogens with one attached hydrogen (secondary N) is 1. The van der Waals surface area contributed by atoms with Gasteiger partial charge in [0.1, 0.15) is 6.54 Å². The van der Waals surface area contributed by atoms with Crippen LogP contribution in [0.25, 0.3) is 0 Å². The molecule has 2 heterocycles. The number of sulfonamides is 1. The Bertz CT molecular complexity index is 1070. The largest absolute Gasteiger partial charge is 0.417 e. The molecule has 0 saturated carbocycles. The van der Waals surface area contributed by atoms with Crippen LogP contribution in [-0.4, -0.2) is 36.3 Å². The van der Waals surface area contributed by atoms with Crippen LogP contribution >= 0.6 is 0 Å². The van der Waals surface area contributed by atoms with Crippen molar-refractivity contribution in [1.29, 1.82) is 0 Å². The highest BCUT2D eigenvalue weighted by atomic mass is 32.2. The molecule has 162 valence electrons.